The van der Waals surface area contributed by atoms with Crippen molar-refractivity contribution in [2.45, 2.75) is 6.92 Å². The number of hydrogen-bond donors (Lipinski definition) is 1. The Kier molecular flexibility index (Phi) is 4.97. The first-order valence-corrected chi connectivity index (χ1v) is 9.22. The number of carboxylic acid groups (broad SMARTS) is 1. The number of rotatable bonds is 4. The Morgan fingerprint density at radius 2 is 1.97 bits per heavy atom. The molecule has 30 heavy (non-hydrogen) atoms. The molecule has 2 aromatic carbocycles. The van der Waals surface area contributed by atoms with Crippen molar-refractivity contribution in [3.05, 3.63) is 82.3 Å². The summed E-state index contributed by atoms with van der Waals surface area (Å²) in [5.74, 6) is -1.38. The van der Waals surface area contributed by atoms with Crippen molar-refractivity contribution < 1.29 is 23.5 Å². The van der Waals surface area contributed by atoms with Crippen LogP contribution in [0, 0.1) is 5.82 Å². The number of hydrazone groups is 1. The van der Waals surface area contributed by atoms with E-state index in [1.807, 2.05) is 0 Å². The van der Waals surface area contributed by atoms with Gasteiger partial charge in [0.05, 0.1) is 33.1 Å². The van der Waals surface area contributed by atoms with Gasteiger partial charge in [-0.3, -0.25) is 4.79 Å². The van der Waals surface area contributed by atoms with Crippen molar-refractivity contribution in [2.24, 2.45) is 5.10 Å². The van der Waals surface area contributed by atoms with E-state index in [2.05, 4.69) is 5.10 Å². The largest absolute Gasteiger partial charge is 0.478 e. The normalized spacial score (nSPS) is 15.0. The molecular formula is C22H14ClFN2O4. The molecule has 150 valence electrons. The van der Waals surface area contributed by atoms with Gasteiger partial charge < -0.3 is 9.52 Å². The highest BCUT2D eigenvalue weighted by Gasteiger charge is 2.30. The first-order chi connectivity index (χ1) is 14.3. The molecule has 1 aromatic heterocycles. The van der Waals surface area contributed by atoms with E-state index in [4.69, 9.17) is 16.0 Å². The molecule has 1 N–H and O–H groups in total. The predicted molar refractivity (Wildman–Crippen MR) is 111 cm³/mol. The standard InChI is InChI=1S/C22H14ClFN2O4/c1-12-16(11-14-7-9-20(30-14)15-4-2-3-5-19(15)24)21(27)26(25-12)13-6-8-18(23)17(10-13)22(28)29/h2-11H,1H3,(H,28,29)/b16-11+. The van der Waals surface area contributed by atoms with Gasteiger partial charge in [-0.15, -0.1) is 0 Å². The van der Waals surface area contributed by atoms with Gasteiger partial charge in [0.15, 0.2) is 0 Å². The van der Waals surface area contributed by atoms with Crippen LogP contribution in [0.15, 0.2) is 69.7 Å². The minimum Gasteiger partial charge on any atom is -0.478 e. The molecule has 0 saturated heterocycles. The molecule has 1 aliphatic rings. The number of benzene rings is 2. The van der Waals surface area contributed by atoms with Gasteiger partial charge >= 0.3 is 5.97 Å². The molecule has 4 rings (SSSR count). The third-order valence-corrected chi connectivity index (χ3v) is 4.87. The van der Waals surface area contributed by atoms with Gasteiger partial charge in [-0.05, 0) is 55.5 Å². The number of aromatic carboxylic acids is 1. The zero-order valence-electron chi connectivity index (χ0n) is 15.6. The van der Waals surface area contributed by atoms with Gasteiger partial charge in [-0.25, -0.2) is 9.18 Å². The first-order valence-electron chi connectivity index (χ1n) is 8.84. The molecule has 8 heteroatoms. The molecular weight excluding hydrogens is 411 g/mol. The lowest BCUT2D eigenvalue weighted by Gasteiger charge is -2.12. The number of anilines is 1. The van der Waals surface area contributed by atoms with Crippen LogP contribution in [0.3, 0.4) is 0 Å². The van der Waals surface area contributed by atoms with Gasteiger partial charge in [0.2, 0.25) is 0 Å². The summed E-state index contributed by atoms with van der Waals surface area (Å²) in [4.78, 5) is 24.2. The molecule has 0 radical (unpaired) electrons. The van der Waals surface area contributed by atoms with Crippen LogP contribution in [0.5, 0.6) is 0 Å². The average Bonchev–Trinajstić information content (AvgIpc) is 3.29. The zero-order valence-corrected chi connectivity index (χ0v) is 16.4. The third kappa shape index (κ3) is 3.51. The summed E-state index contributed by atoms with van der Waals surface area (Å²) < 4.78 is 19.6. The van der Waals surface area contributed by atoms with Crippen LogP contribution in [-0.2, 0) is 4.79 Å². The SMILES string of the molecule is CC1=NN(c2ccc(Cl)c(C(=O)O)c2)C(=O)/C1=C/c1ccc(-c2ccccc2F)o1. The van der Waals surface area contributed by atoms with Crippen molar-refractivity contribution in [1.82, 2.24) is 0 Å². The highest BCUT2D eigenvalue weighted by atomic mass is 35.5. The highest BCUT2D eigenvalue weighted by molar-refractivity contribution is 6.34. The quantitative estimate of drug-likeness (QED) is 0.580. The average molecular weight is 425 g/mol. The van der Waals surface area contributed by atoms with E-state index < -0.39 is 17.7 Å². The van der Waals surface area contributed by atoms with Crippen molar-refractivity contribution >= 4 is 41.0 Å². The Morgan fingerprint density at radius 1 is 1.20 bits per heavy atom. The maximum Gasteiger partial charge on any atom is 0.337 e. The fraction of sp³-hybridized carbons (Fsp3) is 0.0455. The molecule has 1 aliphatic heterocycles. The van der Waals surface area contributed by atoms with E-state index in [1.54, 1.807) is 37.3 Å². The van der Waals surface area contributed by atoms with Crippen molar-refractivity contribution in [3.8, 4) is 11.3 Å². The second-order valence-corrected chi connectivity index (χ2v) is 6.92. The second kappa shape index (κ2) is 7.61. The number of amides is 1. The molecule has 0 saturated carbocycles. The number of carbonyl (C=O) groups is 2. The summed E-state index contributed by atoms with van der Waals surface area (Å²) >= 11 is 5.89. The summed E-state index contributed by atoms with van der Waals surface area (Å²) in [5.41, 5.74) is 1.16. The van der Waals surface area contributed by atoms with Crippen LogP contribution >= 0.6 is 11.6 Å². The van der Waals surface area contributed by atoms with E-state index in [0.717, 1.165) is 5.01 Å². The molecule has 0 aliphatic carbocycles. The predicted octanol–water partition coefficient (Wildman–Crippen LogP) is 5.24. The Morgan fingerprint density at radius 3 is 2.70 bits per heavy atom. The maximum atomic E-state index is 14.0. The molecule has 3 aromatic rings. The minimum absolute atomic E-state index is 0.0608. The second-order valence-electron chi connectivity index (χ2n) is 6.51. The van der Waals surface area contributed by atoms with Crippen LogP contribution in [-0.4, -0.2) is 22.7 Å². The molecule has 1 amide bonds. The first kappa shape index (κ1) is 19.6. The topological polar surface area (TPSA) is 83.1 Å². The Labute approximate surface area is 175 Å². The van der Waals surface area contributed by atoms with E-state index >= 15 is 0 Å². The van der Waals surface area contributed by atoms with Gasteiger partial charge in [-0.1, -0.05) is 23.7 Å². The Bertz CT molecular complexity index is 1250. The zero-order chi connectivity index (χ0) is 21.4. The lowest BCUT2D eigenvalue weighted by atomic mass is 10.1. The molecule has 0 unspecified atom stereocenters. The summed E-state index contributed by atoms with van der Waals surface area (Å²) in [7, 11) is 0. The van der Waals surface area contributed by atoms with Crippen molar-refractivity contribution in [1.29, 1.82) is 0 Å². The van der Waals surface area contributed by atoms with E-state index in [1.165, 1.54) is 30.3 Å². The van der Waals surface area contributed by atoms with E-state index in [0.29, 0.717) is 22.8 Å². The lowest BCUT2D eigenvalue weighted by molar-refractivity contribution is -0.114. The number of carbonyl (C=O) groups excluding carboxylic acids is 1. The molecule has 0 fully saturated rings. The molecule has 0 spiro atoms. The Hall–Kier alpha value is -3.71. The van der Waals surface area contributed by atoms with Gasteiger partial charge in [0.1, 0.15) is 17.3 Å². The van der Waals surface area contributed by atoms with Crippen molar-refractivity contribution in [2.75, 3.05) is 5.01 Å². The maximum absolute atomic E-state index is 14.0. The number of carboxylic acids is 1. The monoisotopic (exact) mass is 424 g/mol. The molecule has 2 heterocycles. The highest BCUT2D eigenvalue weighted by Crippen LogP contribution is 2.30. The fourth-order valence-electron chi connectivity index (χ4n) is 3.05. The van der Waals surface area contributed by atoms with E-state index in [-0.39, 0.29) is 21.8 Å². The lowest BCUT2D eigenvalue weighted by Crippen LogP contribution is -2.21. The number of furan rings is 1. The fourth-order valence-corrected chi connectivity index (χ4v) is 3.25. The van der Waals surface area contributed by atoms with E-state index in [9.17, 15) is 19.1 Å². The minimum atomic E-state index is -1.21. The Balaban J connectivity index is 1.65. The van der Waals surface area contributed by atoms with Crippen LogP contribution in [0.2, 0.25) is 5.02 Å². The van der Waals surface area contributed by atoms with Gasteiger partial charge in [-0.2, -0.15) is 10.1 Å². The molecule has 0 atom stereocenters. The van der Waals surface area contributed by atoms with Gasteiger partial charge in [0, 0.05) is 0 Å². The van der Waals surface area contributed by atoms with Crippen LogP contribution in [0.1, 0.15) is 23.0 Å². The molecule has 0 bridgehead atoms. The smallest absolute Gasteiger partial charge is 0.337 e. The molecule has 6 nitrogen and oxygen atoms in total. The van der Waals surface area contributed by atoms with Crippen molar-refractivity contribution in [3.63, 3.8) is 0 Å². The summed E-state index contributed by atoms with van der Waals surface area (Å²) in [5, 5.41) is 14.6. The van der Waals surface area contributed by atoms with Crippen LogP contribution < -0.4 is 5.01 Å². The third-order valence-electron chi connectivity index (χ3n) is 4.54. The summed E-state index contributed by atoms with van der Waals surface area (Å²) in [6, 6.07) is 13.7. The van der Waals surface area contributed by atoms with Gasteiger partial charge in [0.25, 0.3) is 5.91 Å². The number of nitrogens with zero attached hydrogens (tertiary/aromatic N) is 2. The number of hydrogen-bond acceptors (Lipinski definition) is 4. The summed E-state index contributed by atoms with van der Waals surface area (Å²) in [6.07, 6.45) is 1.51. The van der Waals surface area contributed by atoms with Crippen LogP contribution in [0.25, 0.3) is 17.4 Å². The summed E-state index contributed by atoms with van der Waals surface area (Å²) in [6.45, 7) is 1.65. The number of halogens is 2. The van der Waals surface area contributed by atoms with Crippen LogP contribution in [0.4, 0.5) is 10.1 Å².